The van der Waals surface area contributed by atoms with Crippen LogP contribution in [0, 0.1) is 17.2 Å². The normalized spacial score (nSPS) is 16.5. The summed E-state index contributed by atoms with van der Waals surface area (Å²) in [6, 6.07) is 8.25. The van der Waals surface area contributed by atoms with E-state index < -0.39 is 0 Å². The molecule has 1 aliphatic rings. The Balaban J connectivity index is 1.80. The first-order valence-electron chi connectivity index (χ1n) is 8.54. The van der Waals surface area contributed by atoms with Crippen molar-refractivity contribution in [2.45, 2.75) is 32.7 Å². The molecule has 1 fully saturated rings. The highest BCUT2D eigenvalue weighted by atomic mass is 35.5. The van der Waals surface area contributed by atoms with Crippen LogP contribution < -0.4 is 5.32 Å². The number of pyridine rings is 1. The van der Waals surface area contributed by atoms with Crippen molar-refractivity contribution < 1.29 is 0 Å². The molecule has 0 bridgehead atoms. The fraction of sp³-hybridized carbons (Fsp3) is 0.474. The summed E-state index contributed by atoms with van der Waals surface area (Å²) in [5.41, 5.74) is 2.31. The average Bonchev–Trinajstić information content (AvgIpc) is 2.56. The first kappa shape index (κ1) is 17.0. The molecule has 24 heavy (non-hydrogen) atoms. The molecule has 0 unspecified atom stereocenters. The predicted octanol–water partition coefficient (Wildman–Crippen LogP) is 4.29. The molecule has 5 heteroatoms. The van der Waals surface area contributed by atoms with Gasteiger partial charge in [0.2, 0.25) is 0 Å². The van der Waals surface area contributed by atoms with Crippen molar-refractivity contribution >= 4 is 28.2 Å². The standard InChI is InChI=1S/C19H23ClN4/c1-13(2)12-24-7-5-16(6-8-24)23-19-14(10-21)11-22-18-4-3-15(20)9-17(18)19/h3-4,9,11,13,16H,5-8,12H2,1-2H3,(H,22,23). The number of fused-ring (bicyclic) bond motifs is 1. The van der Waals surface area contributed by atoms with Crippen LogP contribution in [0.5, 0.6) is 0 Å². The number of piperidine rings is 1. The minimum absolute atomic E-state index is 0.380. The van der Waals surface area contributed by atoms with Crippen molar-refractivity contribution in [2.24, 2.45) is 5.92 Å². The highest BCUT2D eigenvalue weighted by Crippen LogP contribution is 2.30. The molecule has 2 aromatic rings. The second-order valence-electron chi connectivity index (χ2n) is 6.93. The van der Waals surface area contributed by atoms with Crippen LogP contribution in [0.3, 0.4) is 0 Å². The lowest BCUT2D eigenvalue weighted by Crippen LogP contribution is -2.40. The maximum Gasteiger partial charge on any atom is 0.103 e. The number of nitrogens with one attached hydrogen (secondary N) is 1. The molecule has 0 spiro atoms. The Morgan fingerprint density at radius 3 is 2.79 bits per heavy atom. The van der Waals surface area contributed by atoms with E-state index in [-0.39, 0.29) is 0 Å². The average molecular weight is 343 g/mol. The maximum atomic E-state index is 9.45. The number of anilines is 1. The van der Waals surface area contributed by atoms with Crippen LogP contribution in [-0.2, 0) is 0 Å². The molecule has 1 aliphatic heterocycles. The number of nitrogens with zero attached hydrogens (tertiary/aromatic N) is 3. The SMILES string of the molecule is CC(C)CN1CCC(Nc2c(C#N)cnc3ccc(Cl)cc23)CC1. The molecule has 126 valence electrons. The van der Waals surface area contributed by atoms with Gasteiger partial charge in [-0.2, -0.15) is 5.26 Å². The smallest absolute Gasteiger partial charge is 0.103 e. The van der Waals surface area contributed by atoms with Crippen LogP contribution >= 0.6 is 11.6 Å². The molecule has 0 saturated carbocycles. The molecule has 2 heterocycles. The lowest BCUT2D eigenvalue weighted by Gasteiger charge is -2.34. The summed E-state index contributed by atoms with van der Waals surface area (Å²) in [5, 5.41) is 14.6. The summed E-state index contributed by atoms with van der Waals surface area (Å²) in [6.45, 7) is 7.87. The van der Waals surface area contributed by atoms with Gasteiger partial charge in [-0.25, -0.2) is 0 Å². The minimum atomic E-state index is 0.380. The quantitative estimate of drug-likeness (QED) is 0.900. The second-order valence-corrected chi connectivity index (χ2v) is 7.37. The van der Waals surface area contributed by atoms with Gasteiger partial charge in [-0.05, 0) is 37.0 Å². The highest BCUT2D eigenvalue weighted by molar-refractivity contribution is 6.31. The molecular formula is C19H23ClN4. The van der Waals surface area contributed by atoms with E-state index in [9.17, 15) is 5.26 Å². The largest absolute Gasteiger partial charge is 0.381 e. The van der Waals surface area contributed by atoms with Crippen molar-refractivity contribution in [3.63, 3.8) is 0 Å². The van der Waals surface area contributed by atoms with Crippen molar-refractivity contribution in [3.05, 3.63) is 35.0 Å². The number of rotatable bonds is 4. The topological polar surface area (TPSA) is 52.0 Å². The fourth-order valence-electron chi connectivity index (χ4n) is 3.39. The number of hydrogen-bond acceptors (Lipinski definition) is 4. The minimum Gasteiger partial charge on any atom is -0.381 e. The van der Waals surface area contributed by atoms with Gasteiger partial charge in [-0.15, -0.1) is 0 Å². The number of hydrogen-bond donors (Lipinski definition) is 1. The van der Waals surface area contributed by atoms with E-state index in [0.29, 0.717) is 22.5 Å². The number of nitriles is 1. The number of benzene rings is 1. The summed E-state index contributed by atoms with van der Waals surface area (Å²) in [4.78, 5) is 6.89. The van der Waals surface area contributed by atoms with Gasteiger partial charge in [-0.1, -0.05) is 25.4 Å². The molecule has 1 aromatic heterocycles. The van der Waals surface area contributed by atoms with Crippen molar-refractivity contribution in [2.75, 3.05) is 25.0 Å². The van der Waals surface area contributed by atoms with E-state index in [0.717, 1.165) is 49.1 Å². The first-order chi connectivity index (χ1) is 11.6. The summed E-state index contributed by atoms with van der Waals surface area (Å²) >= 11 is 6.15. The highest BCUT2D eigenvalue weighted by Gasteiger charge is 2.21. The Hall–Kier alpha value is -1.83. The Bertz CT molecular complexity index is 758. The lowest BCUT2D eigenvalue weighted by atomic mass is 10.0. The van der Waals surface area contributed by atoms with E-state index in [1.54, 1.807) is 6.20 Å². The van der Waals surface area contributed by atoms with E-state index in [1.165, 1.54) is 0 Å². The zero-order valence-corrected chi connectivity index (χ0v) is 15.0. The van der Waals surface area contributed by atoms with Gasteiger partial charge in [0.15, 0.2) is 0 Å². The van der Waals surface area contributed by atoms with Gasteiger partial charge in [0, 0.05) is 42.3 Å². The molecule has 0 radical (unpaired) electrons. The molecule has 3 rings (SSSR count). The van der Waals surface area contributed by atoms with Crippen molar-refractivity contribution in [3.8, 4) is 6.07 Å². The third-order valence-electron chi connectivity index (χ3n) is 4.51. The maximum absolute atomic E-state index is 9.45. The number of likely N-dealkylation sites (tertiary alicyclic amines) is 1. The number of aromatic nitrogens is 1. The molecule has 4 nitrogen and oxygen atoms in total. The predicted molar refractivity (Wildman–Crippen MR) is 99.4 cm³/mol. The van der Waals surface area contributed by atoms with Gasteiger partial charge >= 0.3 is 0 Å². The fourth-order valence-corrected chi connectivity index (χ4v) is 3.56. The molecule has 1 saturated heterocycles. The van der Waals surface area contributed by atoms with E-state index in [2.05, 4.69) is 35.1 Å². The Labute approximate surface area is 148 Å². The van der Waals surface area contributed by atoms with Gasteiger partial charge in [0.25, 0.3) is 0 Å². The van der Waals surface area contributed by atoms with Gasteiger partial charge in [0.1, 0.15) is 6.07 Å². The number of halogens is 1. The zero-order valence-electron chi connectivity index (χ0n) is 14.2. The molecule has 1 aromatic carbocycles. The van der Waals surface area contributed by atoms with Gasteiger partial charge < -0.3 is 10.2 Å². The summed E-state index contributed by atoms with van der Waals surface area (Å²) < 4.78 is 0. The van der Waals surface area contributed by atoms with Crippen LogP contribution in [0.25, 0.3) is 10.9 Å². The first-order valence-corrected chi connectivity index (χ1v) is 8.92. The molecule has 1 N–H and O–H groups in total. The van der Waals surface area contributed by atoms with Crippen LogP contribution in [-0.4, -0.2) is 35.6 Å². The van der Waals surface area contributed by atoms with Crippen molar-refractivity contribution in [1.82, 2.24) is 9.88 Å². The molecule has 0 aliphatic carbocycles. The molecule has 0 amide bonds. The third kappa shape index (κ3) is 3.80. The van der Waals surface area contributed by atoms with Crippen LogP contribution in [0.1, 0.15) is 32.3 Å². The lowest BCUT2D eigenvalue weighted by molar-refractivity contribution is 0.198. The Morgan fingerprint density at radius 2 is 2.12 bits per heavy atom. The molecule has 0 atom stereocenters. The van der Waals surface area contributed by atoms with E-state index in [4.69, 9.17) is 11.6 Å². The third-order valence-corrected chi connectivity index (χ3v) is 4.74. The summed E-state index contributed by atoms with van der Waals surface area (Å²) in [6.07, 6.45) is 3.82. The summed E-state index contributed by atoms with van der Waals surface area (Å²) in [7, 11) is 0. The van der Waals surface area contributed by atoms with Crippen LogP contribution in [0.15, 0.2) is 24.4 Å². The molecular weight excluding hydrogens is 320 g/mol. The van der Waals surface area contributed by atoms with Crippen molar-refractivity contribution in [1.29, 1.82) is 5.26 Å². The van der Waals surface area contributed by atoms with E-state index in [1.807, 2.05) is 18.2 Å². The van der Waals surface area contributed by atoms with Crippen LogP contribution in [0.4, 0.5) is 5.69 Å². The summed E-state index contributed by atoms with van der Waals surface area (Å²) in [5.74, 6) is 0.700. The van der Waals surface area contributed by atoms with Gasteiger partial charge in [0.05, 0.1) is 16.8 Å². The Morgan fingerprint density at radius 1 is 1.38 bits per heavy atom. The Kier molecular flexibility index (Phi) is 5.23. The van der Waals surface area contributed by atoms with Crippen LogP contribution in [0.2, 0.25) is 5.02 Å². The van der Waals surface area contributed by atoms with E-state index >= 15 is 0 Å². The zero-order chi connectivity index (χ0) is 17.1. The second kappa shape index (κ2) is 7.38. The monoisotopic (exact) mass is 342 g/mol. The van der Waals surface area contributed by atoms with Gasteiger partial charge in [-0.3, -0.25) is 4.98 Å².